The topological polar surface area (TPSA) is 62.6 Å². The van der Waals surface area contributed by atoms with Gasteiger partial charge in [-0.25, -0.2) is 0 Å². The summed E-state index contributed by atoms with van der Waals surface area (Å²) in [6, 6.07) is 2.29. The van der Waals surface area contributed by atoms with E-state index in [0.717, 1.165) is 56.3 Å². The van der Waals surface area contributed by atoms with Gasteiger partial charge < -0.3 is 15.1 Å². The Morgan fingerprint density at radius 2 is 1.96 bits per heavy atom. The molecule has 7 heteroatoms. The quantitative estimate of drug-likeness (QED) is 0.886. The molecule has 124 valence electrons. The van der Waals surface area contributed by atoms with Crippen molar-refractivity contribution in [2.75, 3.05) is 58.7 Å². The zero-order valence-corrected chi connectivity index (χ0v) is 14.6. The summed E-state index contributed by atoms with van der Waals surface area (Å²) in [6.45, 7) is 6.06. The smallest absolute Gasteiger partial charge is 0.239 e. The number of nitrogens with one attached hydrogen (secondary N) is 1. The van der Waals surface area contributed by atoms with E-state index in [-0.39, 0.29) is 5.91 Å². The maximum Gasteiger partial charge on any atom is 0.239 e. The van der Waals surface area contributed by atoms with Crippen LogP contribution in [0.3, 0.4) is 0 Å². The van der Waals surface area contributed by atoms with Gasteiger partial charge in [0.15, 0.2) is 0 Å². The molecule has 0 aliphatic carbocycles. The molecule has 1 aromatic rings. The van der Waals surface area contributed by atoms with Crippen molar-refractivity contribution in [2.24, 2.45) is 0 Å². The molecule has 0 spiro atoms. The molecular weight excluding hydrogens is 310 g/mol. The van der Waals surface area contributed by atoms with Crippen molar-refractivity contribution in [1.82, 2.24) is 14.7 Å². The van der Waals surface area contributed by atoms with Crippen LogP contribution in [-0.4, -0.2) is 74.0 Å². The van der Waals surface area contributed by atoms with E-state index in [1.807, 2.05) is 0 Å². The monoisotopic (exact) mass is 333 g/mol. The molecule has 6 nitrogen and oxygen atoms in total. The summed E-state index contributed by atoms with van der Waals surface area (Å²) in [7, 11) is 4.18. The third-order valence-electron chi connectivity index (χ3n) is 4.58. The van der Waals surface area contributed by atoms with Crippen molar-refractivity contribution in [2.45, 2.75) is 13.0 Å². The van der Waals surface area contributed by atoms with Crippen LogP contribution < -0.4 is 5.32 Å². The van der Waals surface area contributed by atoms with Crippen LogP contribution in [0, 0.1) is 11.3 Å². The maximum atomic E-state index is 12.3. The van der Waals surface area contributed by atoms with E-state index in [4.69, 9.17) is 0 Å². The number of anilines is 1. The van der Waals surface area contributed by atoms with Gasteiger partial charge in [0.25, 0.3) is 0 Å². The highest BCUT2D eigenvalue weighted by Crippen LogP contribution is 2.36. The first-order valence-corrected chi connectivity index (χ1v) is 8.82. The minimum absolute atomic E-state index is 0.0157. The molecule has 1 saturated heterocycles. The zero-order chi connectivity index (χ0) is 16.4. The normalized spacial score (nSPS) is 20.0. The number of thiophene rings is 1. The molecule has 23 heavy (non-hydrogen) atoms. The molecule has 1 amide bonds. The number of rotatable bonds is 3. The Labute approximate surface area is 141 Å². The van der Waals surface area contributed by atoms with Crippen molar-refractivity contribution in [3.05, 3.63) is 16.0 Å². The Morgan fingerprint density at radius 1 is 1.22 bits per heavy atom. The molecule has 0 aromatic carbocycles. The Hall–Kier alpha value is -1.46. The summed E-state index contributed by atoms with van der Waals surface area (Å²) in [5.74, 6) is -0.0157. The van der Waals surface area contributed by atoms with Crippen LogP contribution in [-0.2, 0) is 17.8 Å². The summed E-state index contributed by atoms with van der Waals surface area (Å²) >= 11 is 1.56. The minimum atomic E-state index is -0.0157. The Balaban J connectivity index is 1.66. The van der Waals surface area contributed by atoms with Gasteiger partial charge in [0.2, 0.25) is 5.91 Å². The second kappa shape index (κ2) is 6.97. The molecule has 0 radical (unpaired) electrons. The molecule has 0 bridgehead atoms. The highest BCUT2D eigenvalue weighted by molar-refractivity contribution is 7.16. The highest BCUT2D eigenvalue weighted by atomic mass is 32.1. The first-order chi connectivity index (χ1) is 11.1. The Kier molecular flexibility index (Phi) is 4.97. The largest absolute Gasteiger partial charge is 0.315 e. The van der Waals surface area contributed by atoms with Crippen LogP contribution in [0.25, 0.3) is 0 Å². The number of amides is 1. The van der Waals surface area contributed by atoms with Gasteiger partial charge >= 0.3 is 0 Å². The second-order valence-corrected chi connectivity index (χ2v) is 7.54. The molecule has 1 fully saturated rings. The van der Waals surface area contributed by atoms with Gasteiger partial charge in [-0.1, -0.05) is 0 Å². The van der Waals surface area contributed by atoms with Crippen molar-refractivity contribution < 1.29 is 4.79 Å². The second-order valence-electron chi connectivity index (χ2n) is 6.44. The molecule has 2 aliphatic rings. The van der Waals surface area contributed by atoms with E-state index in [1.165, 1.54) is 4.88 Å². The molecule has 0 unspecified atom stereocenters. The summed E-state index contributed by atoms with van der Waals surface area (Å²) < 4.78 is 0. The van der Waals surface area contributed by atoms with Gasteiger partial charge in [-0.15, -0.1) is 11.3 Å². The van der Waals surface area contributed by atoms with Crippen LogP contribution in [0.2, 0.25) is 0 Å². The van der Waals surface area contributed by atoms with Crippen molar-refractivity contribution in [3.8, 4) is 6.07 Å². The SMILES string of the molecule is CN1CCN(CC(=O)Nc2sc3c(c2C#N)CCN(C)C3)CC1. The molecule has 2 aliphatic heterocycles. The van der Waals surface area contributed by atoms with Gasteiger partial charge in [0.1, 0.15) is 11.1 Å². The van der Waals surface area contributed by atoms with Gasteiger partial charge in [-0.05, 0) is 26.1 Å². The van der Waals surface area contributed by atoms with Gasteiger partial charge in [0.05, 0.1) is 12.1 Å². The van der Waals surface area contributed by atoms with E-state index >= 15 is 0 Å². The van der Waals surface area contributed by atoms with Crippen LogP contribution in [0.1, 0.15) is 16.0 Å². The average Bonchev–Trinajstić information content (AvgIpc) is 2.85. The first kappa shape index (κ1) is 16.4. The molecule has 3 rings (SSSR count). The van der Waals surface area contributed by atoms with E-state index in [9.17, 15) is 10.1 Å². The zero-order valence-electron chi connectivity index (χ0n) is 13.8. The number of nitriles is 1. The fourth-order valence-corrected chi connectivity index (χ4v) is 4.41. The molecule has 3 heterocycles. The molecule has 1 aromatic heterocycles. The van der Waals surface area contributed by atoms with Crippen LogP contribution in [0.5, 0.6) is 0 Å². The van der Waals surface area contributed by atoms with E-state index in [2.05, 4.69) is 40.2 Å². The van der Waals surface area contributed by atoms with E-state index in [0.29, 0.717) is 12.1 Å². The molecule has 0 atom stereocenters. The Bertz CT molecular complexity index is 627. The van der Waals surface area contributed by atoms with Crippen LogP contribution in [0.4, 0.5) is 5.00 Å². The number of likely N-dealkylation sites (N-methyl/N-ethyl adjacent to an activating group) is 2. The molecule has 0 saturated carbocycles. The molecule has 1 N–H and O–H groups in total. The van der Waals surface area contributed by atoms with Crippen molar-refractivity contribution >= 4 is 22.2 Å². The van der Waals surface area contributed by atoms with E-state index in [1.54, 1.807) is 11.3 Å². The maximum absolute atomic E-state index is 12.3. The molecular formula is C16H23N5OS. The predicted octanol–water partition coefficient (Wildman–Crippen LogP) is 0.794. The summed E-state index contributed by atoms with van der Waals surface area (Å²) in [5, 5.41) is 13.2. The fourth-order valence-electron chi connectivity index (χ4n) is 3.11. The average molecular weight is 333 g/mol. The third kappa shape index (κ3) is 3.72. The van der Waals surface area contributed by atoms with Gasteiger partial charge in [0, 0.05) is 44.1 Å². The number of hydrogen-bond acceptors (Lipinski definition) is 6. The van der Waals surface area contributed by atoms with E-state index < -0.39 is 0 Å². The number of carbonyl (C=O) groups is 1. The fraction of sp³-hybridized carbons (Fsp3) is 0.625. The summed E-state index contributed by atoms with van der Waals surface area (Å²) in [6.07, 6.45) is 0.888. The minimum Gasteiger partial charge on any atom is -0.315 e. The lowest BCUT2D eigenvalue weighted by molar-refractivity contribution is -0.117. The van der Waals surface area contributed by atoms with Crippen LogP contribution >= 0.6 is 11.3 Å². The number of hydrogen-bond donors (Lipinski definition) is 1. The number of carbonyl (C=O) groups excluding carboxylic acids is 1. The van der Waals surface area contributed by atoms with Gasteiger partial charge in [-0.2, -0.15) is 5.26 Å². The lowest BCUT2D eigenvalue weighted by Crippen LogP contribution is -2.47. The standard InChI is InChI=1S/C16H23N5OS/c1-19-5-7-21(8-6-19)11-15(22)18-16-13(9-17)12-3-4-20(2)10-14(12)23-16/h3-8,10-11H2,1-2H3,(H,18,22). The lowest BCUT2D eigenvalue weighted by Gasteiger charge is -2.31. The number of fused-ring (bicyclic) bond motifs is 1. The van der Waals surface area contributed by atoms with Gasteiger partial charge in [-0.3, -0.25) is 9.69 Å². The van der Waals surface area contributed by atoms with Crippen LogP contribution in [0.15, 0.2) is 0 Å². The summed E-state index contributed by atoms with van der Waals surface area (Å²) in [5.41, 5.74) is 1.80. The Morgan fingerprint density at radius 3 is 2.65 bits per heavy atom. The lowest BCUT2D eigenvalue weighted by atomic mass is 10.0. The highest BCUT2D eigenvalue weighted by Gasteiger charge is 2.24. The summed E-state index contributed by atoms with van der Waals surface area (Å²) in [4.78, 5) is 20.2. The number of piperazine rings is 1. The van der Waals surface area contributed by atoms with Crippen molar-refractivity contribution in [3.63, 3.8) is 0 Å². The number of nitrogens with zero attached hydrogens (tertiary/aromatic N) is 4. The predicted molar refractivity (Wildman–Crippen MR) is 91.6 cm³/mol. The van der Waals surface area contributed by atoms with Crippen molar-refractivity contribution in [1.29, 1.82) is 5.26 Å². The first-order valence-electron chi connectivity index (χ1n) is 8.00. The third-order valence-corrected chi connectivity index (χ3v) is 5.71.